The Morgan fingerprint density at radius 3 is 2.83 bits per heavy atom. The van der Waals surface area contributed by atoms with Crippen LogP contribution in [-0.4, -0.2) is 24.0 Å². The van der Waals surface area contributed by atoms with Gasteiger partial charge in [0, 0.05) is 0 Å². The van der Waals surface area contributed by atoms with Crippen molar-refractivity contribution in [1.29, 1.82) is 0 Å². The molecule has 0 radical (unpaired) electrons. The number of nitrogens with one attached hydrogen (secondary N) is 1. The number of nitrogens with zero attached hydrogens (tertiary/aromatic N) is 1. The second kappa shape index (κ2) is 4.66. The Morgan fingerprint density at radius 2 is 2.17 bits per heavy atom. The minimum atomic E-state index is -0.685. The highest BCUT2D eigenvalue weighted by Crippen LogP contribution is 2.34. The Kier molecular flexibility index (Phi) is 3.20. The van der Waals surface area contributed by atoms with Crippen LogP contribution in [-0.2, 0) is 9.59 Å². The first-order valence-electron chi connectivity index (χ1n) is 5.65. The van der Waals surface area contributed by atoms with Gasteiger partial charge in [-0.2, -0.15) is 0 Å². The highest BCUT2D eigenvalue weighted by molar-refractivity contribution is 6.04. The van der Waals surface area contributed by atoms with Crippen LogP contribution in [0.1, 0.15) is 13.8 Å². The average molecular weight is 249 g/mol. The number of benzene rings is 1. The van der Waals surface area contributed by atoms with Crippen molar-refractivity contribution in [3.8, 4) is 5.75 Å². The molecule has 0 fully saturated rings. The summed E-state index contributed by atoms with van der Waals surface area (Å²) in [5.41, 5.74) is 2.63. The van der Waals surface area contributed by atoms with Crippen LogP contribution in [0.2, 0.25) is 0 Å². The summed E-state index contributed by atoms with van der Waals surface area (Å²) in [6.07, 6.45) is -0.618. The van der Waals surface area contributed by atoms with E-state index in [0.29, 0.717) is 11.4 Å². The van der Waals surface area contributed by atoms with Crippen molar-refractivity contribution in [3.05, 3.63) is 24.3 Å². The Hall–Kier alpha value is -2.08. The van der Waals surface area contributed by atoms with E-state index in [9.17, 15) is 9.59 Å². The van der Waals surface area contributed by atoms with Gasteiger partial charge in [-0.05, 0) is 26.0 Å². The van der Waals surface area contributed by atoms with E-state index in [1.165, 1.54) is 4.90 Å². The van der Waals surface area contributed by atoms with Gasteiger partial charge < -0.3 is 4.74 Å². The number of para-hydroxylation sites is 2. The van der Waals surface area contributed by atoms with Gasteiger partial charge in [-0.15, -0.1) is 0 Å². The third-order valence-corrected chi connectivity index (χ3v) is 2.92. The number of ether oxygens (including phenoxy) is 1. The fraction of sp³-hybridized carbons (Fsp3) is 0.333. The Balaban J connectivity index is 2.44. The fourth-order valence-electron chi connectivity index (χ4n) is 1.95. The van der Waals surface area contributed by atoms with Crippen molar-refractivity contribution in [2.45, 2.75) is 26.0 Å². The summed E-state index contributed by atoms with van der Waals surface area (Å²) in [6.45, 7) is 3.27. The first-order valence-corrected chi connectivity index (χ1v) is 5.65. The van der Waals surface area contributed by atoms with Crippen molar-refractivity contribution in [2.24, 2.45) is 5.84 Å². The first kappa shape index (κ1) is 12.4. The molecule has 1 aromatic carbocycles. The van der Waals surface area contributed by atoms with Gasteiger partial charge in [-0.3, -0.25) is 19.9 Å². The van der Waals surface area contributed by atoms with Gasteiger partial charge in [0.15, 0.2) is 6.10 Å². The lowest BCUT2D eigenvalue weighted by atomic mass is 10.1. The molecule has 2 rings (SSSR count). The van der Waals surface area contributed by atoms with Gasteiger partial charge in [0.1, 0.15) is 11.8 Å². The molecule has 3 N–H and O–H groups in total. The second-order valence-corrected chi connectivity index (χ2v) is 4.12. The normalized spacial score (nSPS) is 19.8. The zero-order valence-corrected chi connectivity index (χ0v) is 10.2. The molecule has 6 nitrogen and oxygen atoms in total. The van der Waals surface area contributed by atoms with Crippen LogP contribution in [0.3, 0.4) is 0 Å². The van der Waals surface area contributed by atoms with Crippen LogP contribution < -0.4 is 20.9 Å². The topological polar surface area (TPSA) is 84.7 Å². The maximum atomic E-state index is 12.1. The number of fused-ring (bicyclic) bond motifs is 1. The molecular weight excluding hydrogens is 234 g/mol. The fourth-order valence-corrected chi connectivity index (χ4v) is 1.95. The lowest BCUT2D eigenvalue weighted by Crippen LogP contribution is -2.55. The van der Waals surface area contributed by atoms with Crippen LogP contribution in [0.4, 0.5) is 5.69 Å². The number of nitrogens with two attached hydrogens (primary N) is 1. The van der Waals surface area contributed by atoms with Crippen molar-refractivity contribution < 1.29 is 14.3 Å². The standard InChI is InChI=1S/C12H15N3O3/c1-7(11(16)14-13)15-9-5-3-4-6-10(9)18-8(2)12(15)17/h3-8H,13H2,1-2H3,(H,14,16). The summed E-state index contributed by atoms with van der Waals surface area (Å²) in [6, 6.07) is 6.41. The molecule has 2 amide bonds. The van der Waals surface area contributed by atoms with Crippen LogP contribution in [0.15, 0.2) is 24.3 Å². The second-order valence-electron chi connectivity index (χ2n) is 4.12. The first-order chi connectivity index (χ1) is 8.56. The van der Waals surface area contributed by atoms with E-state index >= 15 is 0 Å². The van der Waals surface area contributed by atoms with Gasteiger partial charge in [0.05, 0.1) is 5.69 Å². The van der Waals surface area contributed by atoms with Gasteiger partial charge in [-0.1, -0.05) is 12.1 Å². The lowest BCUT2D eigenvalue weighted by molar-refractivity contribution is -0.130. The van der Waals surface area contributed by atoms with Crippen LogP contribution in [0.25, 0.3) is 0 Å². The zero-order chi connectivity index (χ0) is 13.3. The van der Waals surface area contributed by atoms with E-state index in [4.69, 9.17) is 10.6 Å². The molecule has 0 spiro atoms. The lowest BCUT2D eigenvalue weighted by Gasteiger charge is -2.35. The molecule has 2 unspecified atom stereocenters. The molecule has 1 aliphatic rings. The SMILES string of the molecule is CC1Oc2ccccc2N(C(C)C(=O)NN)C1=O. The number of anilines is 1. The van der Waals surface area contributed by atoms with Crippen molar-refractivity contribution in [3.63, 3.8) is 0 Å². The summed E-state index contributed by atoms with van der Waals surface area (Å²) < 4.78 is 5.48. The minimum Gasteiger partial charge on any atom is -0.479 e. The highest BCUT2D eigenvalue weighted by Gasteiger charge is 2.36. The number of carbonyl (C=O) groups excluding carboxylic acids is 2. The number of amides is 2. The third-order valence-electron chi connectivity index (χ3n) is 2.92. The van der Waals surface area contributed by atoms with E-state index in [2.05, 4.69) is 5.43 Å². The largest absolute Gasteiger partial charge is 0.479 e. The average Bonchev–Trinajstić information content (AvgIpc) is 2.38. The third kappa shape index (κ3) is 1.91. The van der Waals surface area contributed by atoms with E-state index in [1.54, 1.807) is 32.0 Å². The maximum absolute atomic E-state index is 12.1. The van der Waals surface area contributed by atoms with Gasteiger partial charge in [-0.25, -0.2) is 5.84 Å². The van der Waals surface area contributed by atoms with Gasteiger partial charge >= 0.3 is 0 Å². The molecule has 0 aromatic heterocycles. The Morgan fingerprint density at radius 1 is 1.50 bits per heavy atom. The molecule has 6 heteroatoms. The Bertz CT molecular complexity index is 489. The van der Waals surface area contributed by atoms with Crippen molar-refractivity contribution >= 4 is 17.5 Å². The molecule has 0 aliphatic carbocycles. The predicted octanol–water partition coefficient (Wildman–Crippen LogP) is 0.179. The number of hydrogen-bond acceptors (Lipinski definition) is 4. The zero-order valence-electron chi connectivity index (χ0n) is 10.2. The summed E-state index contributed by atoms with van der Waals surface area (Å²) in [7, 11) is 0. The maximum Gasteiger partial charge on any atom is 0.268 e. The van der Waals surface area contributed by atoms with Crippen LogP contribution >= 0.6 is 0 Å². The van der Waals surface area contributed by atoms with E-state index < -0.39 is 18.1 Å². The summed E-state index contributed by atoms with van der Waals surface area (Å²) in [5, 5.41) is 0. The molecule has 0 saturated heterocycles. The minimum absolute atomic E-state index is 0.259. The van der Waals surface area contributed by atoms with Crippen molar-refractivity contribution in [2.75, 3.05) is 4.90 Å². The predicted molar refractivity (Wildman–Crippen MR) is 65.8 cm³/mol. The molecule has 1 aliphatic heterocycles. The van der Waals surface area contributed by atoms with Crippen LogP contribution in [0.5, 0.6) is 5.75 Å². The highest BCUT2D eigenvalue weighted by atomic mass is 16.5. The molecular formula is C12H15N3O3. The van der Waals surface area contributed by atoms with E-state index in [-0.39, 0.29) is 5.91 Å². The molecule has 96 valence electrons. The van der Waals surface area contributed by atoms with E-state index in [1.807, 2.05) is 6.07 Å². The number of rotatable bonds is 2. The quantitative estimate of drug-likeness (QED) is 0.445. The van der Waals surface area contributed by atoms with Gasteiger partial charge in [0.2, 0.25) is 0 Å². The molecule has 1 heterocycles. The molecule has 18 heavy (non-hydrogen) atoms. The smallest absolute Gasteiger partial charge is 0.268 e. The number of carbonyl (C=O) groups is 2. The molecule has 1 aromatic rings. The summed E-state index contributed by atoms with van der Waals surface area (Å²) in [4.78, 5) is 25.1. The summed E-state index contributed by atoms with van der Waals surface area (Å²) >= 11 is 0. The molecule has 0 bridgehead atoms. The number of hydrazine groups is 1. The molecule has 2 atom stereocenters. The Labute approximate surface area is 105 Å². The van der Waals surface area contributed by atoms with Gasteiger partial charge in [0.25, 0.3) is 11.8 Å². The molecule has 0 saturated carbocycles. The summed E-state index contributed by atoms with van der Waals surface area (Å²) in [5.74, 6) is 5.01. The number of hydrogen-bond donors (Lipinski definition) is 2. The monoisotopic (exact) mass is 249 g/mol. The van der Waals surface area contributed by atoms with Crippen molar-refractivity contribution in [1.82, 2.24) is 5.43 Å². The van der Waals surface area contributed by atoms with E-state index in [0.717, 1.165) is 0 Å². The van der Waals surface area contributed by atoms with Crippen LogP contribution in [0, 0.1) is 0 Å².